The van der Waals surface area contributed by atoms with Crippen molar-refractivity contribution in [2.75, 3.05) is 0 Å². The molecule has 0 unspecified atom stereocenters. The minimum atomic E-state index is 0.759. The van der Waals surface area contributed by atoms with Crippen molar-refractivity contribution < 1.29 is 0 Å². The molecule has 50 heavy (non-hydrogen) atoms. The van der Waals surface area contributed by atoms with Crippen molar-refractivity contribution >= 4 is 21.8 Å². The molecule has 0 amide bonds. The van der Waals surface area contributed by atoms with Crippen LogP contribution in [0.5, 0.6) is 0 Å². The number of nitrogens with zero attached hydrogens (tertiary/aromatic N) is 3. The maximum absolute atomic E-state index is 5.19. The highest BCUT2D eigenvalue weighted by molar-refractivity contribution is 6.10. The Morgan fingerprint density at radius 1 is 0.380 bits per heavy atom. The van der Waals surface area contributed by atoms with Gasteiger partial charge in [-0.1, -0.05) is 146 Å². The smallest absolute Gasteiger partial charge is 0.160 e. The van der Waals surface area contributed by atoms with Crippen molar-refractivity contribution in [1.82, 2.24) is 14.5 Å². The number of benzene rings is 7. The Kier molecular flexibility index (Phi) is 6.56. The van der Waals surface area contributed by atoms with Crippen LogP contribution in [0.15, 0.2) is 176 Å². The zero-order valence-electron chi connectivity index (χ0n) is 27.3. The van der Waals surface area contributed by atoms with Crippen LogP contribution in [0.1, 0.15) is 11.1 Å². The summed E-state index contributed by atoms with van der Waals surface area (Å²) in [5.41, 5.74) is 16.3. The molecule has 2 heterocycles. The maximum Gasteiger partial charge on any atom is 0.160 e. The minimum Gasteiger partial charge on any atom is -0.309 e. The normalized spacial score (nSPS) is 11.9. The van der Waals surface area contributed by atoms with Crippen molar-refractivity contribution in [3.63, 3.8) is 0 Å². The first-order valence-electron chi connectivity index (χ1n) is 17.1. The quantitative estimate of drug-likeness (QED) is 0.188. The van der Waals surface area contributed by atoms with Crippen LogP contribution in [-0.2, 0) is 6.42 Å². The van der Waals surface area contributed by atoms with Crippen LogP contribution in [-0.4, -0.2) is 14.5 Å². The molecule has 0 saturated heterocycles. The van der Waals surface area contributed by atoms with E-state index in [1.165, 1.54) is 66.4 Å². The van der Waals surface area contributed by atoms with Gasteiger partial charge in [-0.15, -0.1) is 0 Å². The van der Waals surface area contributed by atoms with Gasteiger partial charge in [-0.3, -0.25) is 0 Å². The average molecular weight is 638 g/mol. The third-order valence-corrected chi connectivity index (χ3v) is 10.1. The molecule has 0 N–H and O–H groups in total. The molecule has 7 aromatic carbocycles. The molecule has 1 aliphatic carbocycles. The third-order valence-electron chi connectivity index (χ3n) is 10.1. The molecule has 2 aromatic heterocycles. The van der Waals surface area contributed by atoms with Gasteiger partial charge in [0.2, 0.25) is 0 Å². The first-order chi connectivity index (χ1) is 24.8. The van der Waals surface area contributed by atoms with Crippen molar-refractivity contribution in [3.8, 4) is 61.8 Å². The van der Waals surface area contributed by atoms with Crippen LogP contribution in [0, 0.1) is 0 Å². The summed E-state index contributed by atoms with van der Waals surface area (Å²) in [7, 11) is 0. The first-order valence-corrected chi connectivity index (χ1v) is 17.1. The highest BCUT2D eigenvalue weighted by Crippen LogP contribution is 2.45. The van der Waals surface area contributed by atoms with Gasteiger partial charge in [-0.2, -0.15) is 0 Å². The van der Waals surface area contributed by atoms with Gasteiger partial charge in [0.05, 0.1) is 22.4 Å². The summed E-state index contributed by atoms with van der Waals surface area (Å²) < 4.78 is 2.36. The Hall–Kier alpha value is -6.58. The zero-order valence-corrected chi connectivity index (χ0v) is 27.3. The van der Waals surface area contributed by atoms with E-state index in [1.54, 1.807) is 0 Å². The molecule has 0 atom stereocenters. The van der Waals surface area contributed by atoms with Crippen molar-refractivity contribution in [2.45, 2.75) is 6.42 Å². The van der Waals surface area contributed by atoms with E-state index < -0.39 is 0 Å². The molecule has 9 aromatic rings. The average Bonchev–Trinajstić information content (AvgIpc) is 3.74. The summed E-state index contributed by atoms with van der Waals surface area (Å²) in [4.78, 5) is 10.4. The molecule has 3 nitrogen and oxygen atoms in total. The summed E-state index contributed by atoms with van der Waals surface area (Å²) in [6.07, 6.45) is 0.796. The molecule has 234 valence electrons. The second kappa shape index (κ2) is 11.5. The van der Waals surface area contributed by atoms with Crippen LogP contribution in [0.25, 0.3) is 83.6 Å². The van der Waals surface area contributed by atoms with Crippen LogP contribution >= 0.6 is 0 Å². The Bertz CT molecular complexity index is 2690. The zero-order chi connectivity index (χ0) is 33.0. The van der Waals surface area contributed by atoms with E-state index in [0.29, 0.717) is 0 Å². The van der Waals surface area contributed by atoms with Gasteiger partial charge in [-0.25, -0.2) is 9.97 Å². The lowest BCUT2D eigenvalue weighted by atomic mass is 9.94. The van der Waals surface area contributed by atoms with Gasteiger partial charge in [-0.05, 0) is 58.1 Å². The lowest BCUT2D eigenvalue weighted by Crippen LogP contribution is -1.99. The summed E-state index contributed by atoms with van der Waals surface area (Å²) in [5.74, 6) is 0.759. The molecule has 3 heteroatoms. The molecule has 0 fully saturated rings. The molecule has 0 radical (unpaired) electrons. The SMILES string of the molecule is c1ccc(-c2nc(-c3ccccc3)c3c(n2)-c2cccc(-c4ccc(-c5ccc6c(c5)c5ccccc5n6-c5ccccc5)cc4)c2C3)cc1. The molecule has 10 rings (SSSR count). The predicted octanol–water partition coefficient (Wildman–Crippen LogP) is 11.8. The fourth-order valence-electron chi connectivity index (χ4n) is 7.72. The molecule has 0 spiro atoms. The third kappa shape index (κ3) is 4.59. The van der Waals surface area contributed by atoms with Crippen molar-refractivity contribution in [1.29, 1.82) is 0 Å². The standard InChI is InChI=1S/C47H31N3/c1-4-13-33(14-5-1)45-42-30-40-37(20-12-21-39(40)46(42)49-47(48-45)34-15-6-2-7-16-34)32-25-23-31(24-26-32)35-27-28-44-41(29-35)38-19-10-11-22-43(38)50(44)36-17-8-3-9-18-36/h1-29H,30H2. The van der Waals surface area contributed by atoms with Crippen molar-refractivity contribution in [3.05, 3.63) is 187 Å². The van der Waals surface area contributed by atoms with Gasteiger partial charge >= 0.3 is 0 Å². The summed E-state index contributed by atoms with van der Waals surface area (Å²) in [6.45, 7) is 0. The lowest BCUT2D eigenvalue weighted by molar-refractivity contribution is 1.13. The molecular weight excluding hydrogens is 607 g/mol. The minimum absolute atomic E-state index is 0.759. The highest BCUT2D eigenvalue weighted by Gasteiger charge is 2.28. The van der Waals surface area contributed by atoms with E-state index in [9.17, 15) is 0 Å². The Balaban J connectivity index is 1.05. The van der Waals surface area contributed by atoms with Crippen LogP contribution < -0.4 is 0 Å². The number of hydrogen-bond acceptors (Lipinski definition) is 2. The van der Waals surface area contributed by atoms with Crippen LogP contribution in [0.4, 0.5) is 0 Å². The van der Waals surface area contributed by atoms with Gasteiger partial charge in [0.1, 0.15) is 0 Å². The van der Waals surface area contributed by atoms with Gasteiger partial charge in [0.15, 0.2) is 5.82 Å². The number of rotatable bonds is 5. The number of aromatic nitrogens is 3. The van der Waals surface area contributed by atoms with E-state index in [1.807, 2.05) is 18.2 Å². The molecule has 0 bridgehead atoms. The fraction of sp³-hybridized carbons (Fsp3) is 0.0213. The van der Waals surface area contributed by atoms with E-state index in [0.717, 1.165) is 34.8 Å². The van der Waals surface area contributed by atoms with Crippen LogP contribution in [0.2, 0.25) is 0 Å². The summed E-state index contributed by atoms with van der Waals surface area (Å²) in [6, 6.07) is 62.7. The Morgan fingerprint density at radius 2 is 0.980 bits per heavy atom. The predicted molar refractivity (Wildman–Crippen MR) is 206 cm³/mol. The highest BCUT2D eigenvalue weighted by atomic mass is 15.0. The van der Waals surface area contributed by atoms with Gasteiger partial charge in [0, 0.05) is 45.1 Å². The molecule has 0 saturated carbocycles. The second-order valence-corrected chi connectivity index (χ2v) is 13.0. The largest absolute Gasteiger partial charge is 0.309 e. The van der Waals surface area contributed by atoms with Crippen LogP contribution in [0.3, 0.4) is 0 Å². The Labute approximate surface area is 290 Å². The Morgan fingerprint density at radius 3 is 1.76 bits per heavy atom. The molecule has 0 aliphatic heterocycles. The molecule has 1 aliphatic rings. The van der Waals surface area contributed by atoms with Gasteiger partial charge < -0.3 is 4.57 Å². The van der Waals surface area contributed by atoms with E-state index in [2.05, 4.69) is 162 Å². The summed E-state index contributed by atoms with van der Waals surface area (Å²) >= 11 is 0. The van der Waals surface area contributed by atoms with Gasteiger partial charge in [0.25, 0.3) is 0 Å². The van der Waals surface area contributed by atoms with E-state index >= 15 is 0 Å². The number of fused-ring (bicyclic) bond motifs is 6. The number of para-hydroxylation sites is 2. The first kappa shape index (κ1) is 28.4. The molecular formula is C47H31N3. The van der Waals surface area contributed by atoms with Crippen molar-refractivity contribution in [2.24, 2.45) is 0 Å². The van der Waals surface area contributed by atoms with E-state index in [-0.39, 0.29) is 0 Å². The second-order valence-electron chi connectivity index (χ2n) is 13.0. The topological polar surface area (TPSA) is 30.7 Å². The monoisotopic (exact) mass is 637 g/mol. The lowest BCUT2D eigenvalue weighted by Gasteiger charge is -2.11. The summed E-state index contributed by atoms with van der Waals surface area (Å²) in [5, 5.41) is 2.52. The fourth-order valence-corrected chi connectivity index (χ4v) is 7.72. The van der Waals surface area contributed by atoms with E-state index in [4.69, 9.17) is 9.97 Å². The number of hydrogen-bond donors (Lipinski definition) is 0. The maximum atomic E-state index is 5.19.